The molecule has 0 bridgehead atoms. The van der Waals surface area contributed by atoms with Gasteiger partial charge in [-0.05, 0) is 133 Å². The van der Waals surface area contributed by atoms with Gasteiger partial charge in [0.15, 0.2) is 17.3 Å². The zero-order valence-electron chi connectivity index (χ0n) is 37.5. The largest absolute Gasteiger partial charge is 0.875 e. The maximum Gasteiger partial charge on any atom is 0.161 e. The molecule has 1 heterocycles. The van der Waals surface area contributed by atoms with Crippen molar-refractivity contribution in [2.75, 3.05) is 19.8 Å². The maximum atomic E-state index is 13.7. The molecular weight excluding hydrogens is 817 g/mol. The van der Waals surface area contributed by atoms with Crippen LogP contribution in [-0.2, 0) is 30.5 Å². The highest BCUT2D eigenvalue weighted by Crippen LogP contribution is 2.39. The number of allylic oxidation sites excluding steroid dienone is 5. The molecule has 6 rings (SSSR count). The number of aliphatic hydroxyl groups is 2. The molecule has 2 aliphatic rings. The Balaban J connectivity index is 1.03. The van der Waals surface area contributed by atoms with Gasteiger partial charge in [-0.15, -0.1) is 5.76 Å². The fourth-order valence-electron chi connectivity index (χ4n) is 8.49. The molecule has 0 saturated heterocycles. The van der Waals surface area contributed by atoms with Crippen LogP contribution in [0.1, 0.15) is 109 Å². The first-order chi connectivity index (χ1) is 31.4. The summed E-state index contributed by atoms with van der Waals surface area (Å²) < 4.78 is 6.07. The van der Waals surface area contributed by atoms with Crippen molar-refractivity contribution < 1.29 is 35.1 Å². The lowest BCUT2D eigenvalue weighted by atomic mass is 9.82. The van der Waals surface area contributed by atoms with Gasteiger partial charge in [0.25, 0.3) is 0 Å². The van der Waals surface area contributed by atoms with Gasteiger partial charge in [-0.3, -0.25) is 9.79 Å². The van der Waals surface area contributed by atoms with Crippen LogP contribution in [0.5, 0.6) is 17.2 Å². The zero-order valence-corrected chi connectivity index (χ0v) is 37.5. The summed E-state index contributed by atoms with van der Waals surface area (Å²) in [6, 6.07) is 24.4. The molecule has 65 heavy (non-hydrogen) atoms. The van der Waals surface area contributed by atoms with Gasteiger partial charge in [-0.1, -0.05) is 79.4 Å². The Morgan fingerprint density at radius 2 is 1.74 bits per heavy atom. The number of aryl methyl sites for hydroxylation is 1. The fourth-order valence-corrected chi connectivity index (χ4v) is 8.49. The number of unbranched alkanes of at least 4 members (excludes halogenated alkanes) is 1. The number of nitrogens with two attached hydrogens (primary N) is 2. The van der Waals surface area contributed by atoms with E-state index in [0.29, 0.717) is 78.3 Å². The molecule has 342 valence electrons. The number of phenols is 2. The molecule has 0 aromatic heterocycles. The van der Waals surface area contributed by atoms with Crippen LogP contribution < -0.4 is 26.6 Å². The van der Waals surface area contributed by atoms with Gasteiger partial charge >= 0.3 is 0 Å². The average Bonchev–Trinajstić information content (AvgIpc) is 3.77. The first kappa shape index (κ1) is 48.5. The van der Waals surface area contributed by atoms with Gasteiger partial charge in [0.05, 0.1) is 31.0 Å². The van der Waals surface area contributed by atoms with Gasteiger partial charge in [0.1, 0.15) is 5.75 Å². The first-order valence-electron chi connectivity index (χ1n) is 22.7. The van der Waals surface area contributed by atoms with E-state index < -0.39 is 18.2 Å². The van der Waals surface area contributed by atoms with E-state index in [9.17, 15) is 30.3 Å². The van der Waals surface area contributed by atoms with Crippen LogP contribution in [0.4, 0.5) is 0 Å². The van der Waals surface area contributed by atoms with Crippen molar-refractivity contribution in [1.82, 2.24) is 5.32 Å². The Morgan fingerprint density at radius 3 is 2.51 bits per heavy atom. The number of fused-ring (bicyclic) bond motifs is 2. The molecule has 0 amide bonds. The summed E-state index contributed by atoms with van der Waals surface area (Å²) in [7, 11) is 0. The van der Waals surface area contributed by atoms with E-state index in [1.54, 1.807) is 49.5 Å². The zero-order chi connectivity index (χ0) is 46.3. The third kappa shape index (κ3) is 13.8. The SMILES string of the molecule is C[C@H](O)CN[C@H](Cc1ccccc1CCO)[C@H](C)CCC/C=C/C(=O)CCc1ccc(O)c(OCCc2ccc(O)c([C@H]3CC([O-])=C4C=CN=C4CC#Cc4cc(C(N)N)ccc43)c2)c1. The van der Waals surface area contributed by atoms with Crippen LogP contribution >= 0.6 is 0 Å². The average molecular weight is 880 g/mol. The second-order valence-corrected chi connectivity index (χ2v) is 17.2. The number of hydrogen-bond acceptors (Lipinski definition) is 11. The van der Waals surface area contributed by atoms with Crippen LogP contribution in [0.15, 0.2) is 120 Å². The number of aliphatic imine (C=N–C) groups is 1. The number of rotatable bonds is 22. The molecular formula is C54H63N4O7-. The molecule has 1 aliphatic heterocycles. The van der Waals surface area contributed by atoms with E-state index in [1.807, 2.05) is 48.5 Å². The summed E-state index contributed by atoms with van der Waals surface area (Å²) in [5.74, 6) is 6.49. The molecule has 11 nitrogen and oxygen atoms in total. The van der Waals surface area contributed by atoms with Crippen molar-refractivity contribution in [1.29, 1.82) is 0 Å². The molecule has 0 spiro atoms. The van der Waals surface area contributed by atoms with Crippen LogP contribution in [-0.4, -0.2) is 63.8 Å². The second kappa shape index (κ2) is 23.8. The highest BCUT2D eigenvalue weighted by molar-refractivity contribution is 6.06. The summed E-state index contributed by atoms with van der Waals surface area (Å²) >= 11 is 0. The number of nitrogens with zero attached hydrogens (tertiary/aromatic N) is 1. The van der Waals surface area contributed by atoms with Gasteiger partial charge in [-0.25, -0.2) is 0 Å². The standard InChI is InChI=1S/C54H64N4O7/c1-35(49(58-34-36(2)60)32-40-11-7-6-10-39(40)24-27-59)9-4-3-5-13-43(61)19-15-37-17-22-51(63)53(30-37)65-28-25-38-16-21-50(62)47(29-38)46-33-52(64)45-23-26-57-48(45)14-8-12-41-31-42(54(55)56)18-20-44(41)46/h5-7,10-11,13,16-18,20-23,26,29-31,35-36,46,49,54,58-60,62-64H,3-4,9,14-15,19,24-25,27-28,32-34,55-56H2,1-2H3/p-1/b13-5+,52-45?/t35-,36+,46+,49-/m1/s1. The Kier molecular flexibility index (Phi) is 17.7. The lowest BCUT2D eigenvalue weighted by Gasteiger charge is -2.27. The van der Waals surface area contributed by atoms with Gasteiger partial charge in [-0.2, -0.15) is 0 Å². The molecule has 0 radical (unpaired) electrons. The van der Waals surface area contributed by atoms with E-state index in [-0.39, 0.29) is 48.7 Å². The fraction of sp³-hybridized carbons (Fsp3) is 0.370. The lowest BCUT2D eigenvalue weighted by molar-refractivity contribution is -0.307. The molecule has 0 fully saturated rings. The third-order valence-corrected chi connectivity index (χ3v) is 12.2. The number of hydrogen-bond donors (Lipinski definition) is 7. The minimum absolute atomic E-state index is 0.00560. The Labute approximate surface area is 383 Å². The normalized spacial score (nSPS) is 16.1. The summed E-state index contributed by atoms with van der Waals surface area (Å²) in [6.45, 7) is 4.83. The van der Waals surface area contributed by atoms with Gasteiger partial charge in [0.2, 0.25) is 0 Å². The molecule has 0 unspecified atom stereocenters. The van der Waals surface area contributed by atoms with Crippen molar-refractivity contribution in [2.45, 2.75) is 102 Å². The molecule has 4 aromatic rings. The number of ether oxygens (including phenoxy) is 1. The summed E-state index contributed by atoms with van der Waals surface area (Å²) in [5, 5.41) is 58.7. The number of aliphatic hydroxyl groups excluding tert-OH is 2. The van der Waals surface area contributed by atoms with Crippen LogP contribution in [0.3, 0.4) is 0 Å². The monoisotopic (exact) mass is 879 g/mol. The van der Waals surface area contributed by atoms with Crippen LogP contribution in [0, 0.1) is 17.8 Å². The minimum Gasteiger partial charge on any atom is -0.875 e. The van der Waals surface area contributed by atoms with Crippen LogP contribution in [0.25, 0.3) is 0 Å². The summed E-state index contributed by atoms with van der Waals surface area (Å²) in [5.41, 5.74) is 20.0. The number of carbonyl (C=O) groups excluding carboxylic acids is 1. The number of benzene rings is 4. The summed E-state index contributed by atoms with van der Waals surface area (Å²) in [6.07, 6.45) is 11.5. The first-order valence-corrected chi connectivity index (χ1v) is 22.7. The van der Waals surface area contributed by atoms with Crippen molar-refractivity contribution in [3.05, 3.63) is 159 Å². The second-order valence-electron chi connectivity index (χ2n) is 17.2. The predicted molar refractivity (Wildman–Crippen MR) is 254 cm³/mol. The molecule has 0 saturated carbocycles. The predicted octanol–water partition coefficient (Wildman–Crippen LogP) is 6.48. The molecule has 4 aromatic carbocycles. The third-order valence-electron chi connectivity index (χ3n) is 12.2. The van der Waals surface area contributed by atoms with Gasteiger partial charge in [0, 0.05) is 55.3 Å². The van der Waals surface area contributed by atoms with E-state index in [1.165, 1.54) is 5.56 Å². The molecule has 4 atom stereocenters. The van der Waals surface area contributed by atoms with Crippen molar-refractivity contribution >= 4 is 11.5 Å². The van der Waals surface area contributed by atoms with Crippen molar-refractivity contribution in [3.8, 4) is 29.1 Å². The quantitative estimate of drug-likeness (QED) is 0.0198. The Hall–Kier alpha value is -6.00. The van der Waals surface area contributed by atoms with Crippen molar-refractivity contribution in [3.63, 3.8) is 0 Å². The number of aromatic hydroxyl groups is 2. The van der Waals surface area contributed by atoms with E-state index in [0.717, 1.165) is 47.9 Å². The summed E-state index contributed by atoms with van der Waals surface area (Å²) in [4.78, 5) is 17.2. The molecule has 1 aliphatic carbocycles. The smallest absolute Gasteiger partial charge is 0.161 e. The number of phenolic OH excluding ortho intramolecular Hbond substituents is 2. The van der Waals surface area contributed by atoms with E-state index >= 15 is 0 Å². The topological polar surface area (TPSA) is 207 Å². The van der Waals surface area contributed by atoms with Crippen LogP contribution in [0.2, 0.25) is 0 Å². The highest BCUT2D eigenvalue weighted by atomic mass is 16.5. The highest BCUT2D eigenvalue weighted by Gasteiger charge is 2.24. The Bertz CT molecular complexity index is 2460. The molecule has 9 N–H and O–H groups in total. The van der Waals surface area contributed by atoms with Crippen molar-refractivity contribution in [2.24, 2.45) is 22.4 Å². The maximum absolute atomic E-state index is 13.7. The van der Waals surface area contributed by atoms with E-state index in [2.05, 4.69) is 41.2 Å². The lowest BCUT2D eigenvalue weighted by Crippen LogP contribution is -2.40. The number of carbonyl (C=O) groups is 1. The van der Waals surface area contributed by atoms with E-state index in [4.69, 9.17) is 16.2 Å². The number of ketones is 1. The van der Waals surface area contributed by atoms with Gasteiger partial charge < -0.3 is 47.1 Å². The molecule has 11 heteroatoms. The number of nitrogens with one attached hydrogen (secondary N) is 1. The Morgan fingerprint density at radius 1 is 0.969 bits per heavy atom. The minimum atomic E-state index is -0.705.